The number of halogens is 1. The molecule has 5 heteroatoms. The van der Waals surface area contributed by atoms with Crippen LogP contribution in [0.1, 0.15) is 32.8 Å². The van der Waals surface area contributed by atoms with Gasteiger partial charge in [0.15, 0.2) is 0 Å². The van der Waals surface area contributed by atoms with E-state index in [0.717, 1.165) is 24.0 Å². The van der Waals surface area contributed by atoms with Crippen LogP contribution in [0.15, 0.2) is 22.7 Å². The second-order valence-corrected chi connectivity index (χ2v) is 7.32. The van der Waals surface area contributed by atoms with Crippen LogP contribution in [-0.4, -0.2) is 25.0 Å². The summed E-state index contributed by atoms with van der Waals surface area (Å²) in [7, 11) is 0. The van der Waals surface area contributed by atoms with E-state index in [0.29, 0.717) is 12.6 Å². The molecule has 1 aliphatic rings. The van der Waals surface area contributed by atoms with Gasteiger partial charge in [0.2, 0.25) is 5.91 Å². The van der Waals surface area contributed by atoms with Crippen molar-refractivity contribution in [1.29, 1.82) is 0 Å². The van der Waals surface area contributed by atoms with Gasteiger partial charge in [-0.3, -0.25) is 4.79 Å². The fourth-order valence-corrected chi connectivity index (χ4v) is 3.01. The molecule has 0 spiro atoms. The number of rotatable bonds is 5. The van der Waals surface area contributed by atoms with Crippen molar-refractivity contribution in [3.8, 4) is 0 Å². The van der Waals surface area contributed by atoms with E-state index in [2.05, 4.69) is 58.2 Å². The molecule has 1 aromatic rings. The van der Waals surface area contributed by atoms with Gasteiger partial charge in [0.1, 0.15) is 0 Å². The van der Waals surface area contributed by atoms with Crippen LogP contribution in [0.2, 0.25) is 0 Å². The highest BCUT2D eigenvalue weighted by atomic mass is 79.9. The number of nitrogens with zero attached hydrogens (tertiary/aromatic N) is 1. The third kappa shape index (κ3) is 3.77. The molecule has 1 unspecified atom stereocenters. The number of carbonyl (C=O) groups excluding carboxylic acids is 1. The van der Waals surface area contributed by atoms with Crippen LogP contribution in [0.4, 0.5) is 5.69 Å². The van der Waals surface area contributed by atoms with Gasteiger partial charge in [-0.2, -0.15) is 0 Å². The number of hydrogen-bond acceptors (Lipinski definition) is 3. The molecule has 1 fully saturated rings. The van der Waals surface area contributed by atoms with E-state index < -0.39 is 5.41 Å². The van der Waals surface area contributed by atoms with Gasteiger partial charge in [-0.1, -0.05) is 35.8 Å². The zero-order valence-electron chi connectivity index (χ0n) is 12.9. The number of hydrogen-bond donors (Lipinski definition) is 2. The molecule has 0 bridgehead atoms. The normalized spacial score (nSPS) is 22.0. The Bertz CT molecular complexity index is 532. The summed E-state index contributed by atoms with van der Waals surface area (Å²) in [4.78, 5) is 13.9. The summed E-state index contributed by atoms with van der Waals surface area (Å²) in [6.45, 7) is 8.61. The largest absolute Gasteiger partial charge is 0.370 e. The summed E-state index contributed by atoms with van der Waals surface area (Å²) in [5.74, 6) is -0.207. The summed E-state index contributed by atoms with van der Waals surface area (Å²) in [6, 6.07) is 6.76. The quantitative estimate of drug-likeness (QED) is 0.855. The molecular weight excluding hydrogens is 330 g/mol. The lowest BCUT2D eigenvalue weighted by atomic mass is 9.89. The Morgan fingerprint density at radius 3 is 2.81 bits per heavy atom. The van der Waals surface area contributed by atoms with Crippen LogP contribution in [0.5, 0.6) is 0 Å². The number of amides is 1. The molecule has 0 aromatic heterocycles. The summed E-state index contributed by atoms with van der Waals surface area (Å²) >= 11 is 3.54. The van der Waals surface area contributed by atoms with E-state index in [4.69, 9.17) is 5.73 Å². The fourth-order valence-electron chi connectivity index (χ4n) is 2.66. The molecule has 0 radical (unpaired) electrons. The highest BCUT2D eigenvalue weighted by Crippen LogP contribution is 2.35. The summed E-state index contributed by atoms with van der Waals surface area (Å²) in [5, 5.41) is 3.45. The Kier molecular flexibility index (Phi) is 4.94. The van der Waals surface area contributed by atoms with E-state index in [1.54, 1.807) is 0 Å². The van der Waals surface area contributed by atoms with E-state index >= 15 is 0 Å². The van der Waals surface area contributed by atoms with Crippen LogP contribution in [-0.2, 0) is 11.3 Å². The fraction of sp³-hybridized carbons (Fsp3) is 0.562. The summed E-state index contributed by atoms with van der Waals surface area (Å²) in [6.07, 6.45) is 0.811. The molecule has 2 rings (SSSR count). The molecule has 1 saturated heterocycles. The first-order valence-corrected chi connectivity index (χ1v) is 8.18. The Balaban J connectivity index is 2.23. The molecule has 1 aromatic carbocycles. The molecule has 1 amide bonds. The number of nitrogens with one attached hydrogen (secondary N) is 1. The molecule has 1 heterocycles. The lowest BCUT2D eigenvalue weighted by molar-refractivity contribution is -0.125. The molecule has 0 aliphatic carbocycles. The van der Waals surface area contributed by atoms with Gasteiger partial charge in [-0.15, -0.1) is 0 Å². The zero-order chi connectivity index (χ0) is 15.6. The minimum absolute atomic E-state index is 0.207. The van der Waals surface area contributed by atoms with Gasteiger partial charge in [0.05, 0.1) is 5.41 Å². The maximum atomic E-state index is 11.6. The van der Waals surface area contributed by atoms with E-state index in [1.165, 1.54) is 11.3 Å². The third-order valence-electron chi connectivity index (χ3n) is 4.16. The summed E-state index contributed by atoms with van der Waals surface area (Å²) in [5.41, 5.74) is 7.56. The standard InChI is InChI=1S/C16H24BrN3O/c1-11(2)19-9-12-4-5-13(17)8-14(12)20-7-6-16(3,10-20)15(18)21/h4-5,8,11,19H,6-7,9-10H2,1-3H3,(H2,18,21). The van der Waals surface area contributed by atoms with Gasteiger partial charge >= 0.3 is 0 Å². The van der Waals surface area contributed by atoms with Crippen molar-refractivity contribution in [1.82, 2.24) is 5.32 Å². The van der Waals surface area contributed by atoms with Crippen molar-refractivity contribution < 1.29 is 4.79 Å². The van der Waals surface area contributed by atoms with Crippen LogP contribution in [0.3, 0.4) is 0 Å². The van der Waals surface area contributed by atoms with Crippen LogP contribution >= 0.6 is 15.9 Å². The number of benzene rings is 1. The summed E-state index contributed by atoms with van der Waals surface area (Å²) < 4.78 is 1.05. The van der Waals surface area contributed by atoms with Crippen molar-refractivity contribution in [2.75, 3.05) is 18.0 Å². The molecular formula is C16H24BrN3O. The lowest BCUT2D eigenvalue weighted by Gasteiger charge is -2.25. The predicted octanol–water partition coefficient (Wildman–Crippen LogP) is 2.65. The monoisotopic (exact) mass is 353 g/mol. The van der Waals surface area contributed by atoms with E-state index in [1.807, 2.05) is 6.92 Å². The molecule has 1 aliphatic heterocycles. The number of carbonyl (C=O) groups is 1. The van der Waals surface area contributed by atoms with Crippen molar-refractivity contribution in [2.45, 2.75) is 39.8 Å². The lowest BCUT2D eigenvalue weighted by Crippen LogP contribution is -2.37. The number of primary amides is 1. The molecule has 1 atom stereocenters. The first kappa shape index (κ1) is 16.3. The Morgan fingerprint density at radius 2 is 2.24 bits per heavy atom. The second kappa shape index (κ2) is 6.36. The Labute approximate surface area is 135 Å². The van der Waals surface area contributed by atoms with Gasteiger partial charge < -0.3 is 16.0 Å². The Morgan fingerprint density at radius 1 is 1.52 bits per heavy atom. The molecule has 3 N–H and O–H groups in total. The minimum atomic E-state index is -0.426. The SMILES string of the molecule is CC(C)NCc1ccc(Br)cc1N1CCC(C)(C(N)=O)C1. The smallest absolute Gasteiger partial charge is 0.225 e. The van der Waals surface area contributed by atoms with Gasteiger partial charge in [-0.05, 0) is 31.0 Å². The second-order valence-electron chi connectivity index (χ2n) is 6.41. The average molecular weight is 354 g/mol. The van der Waals surface area contributed by atoms with E-state index in [-0.39, 0.29) is 5.91 Å². The van der Waals surface area contributed by atoms with Crippen molar-refractivity contribution in [3.63, 3.8) is 0 Å². The first-order chi connectivity index (χ1) is 9.82. The zero-order valence-corrected chi connectivity index (χ0v) is 14.5. The van der Waals surface area contributed by atoms with Crippen molar-refractivity contribution in [3.05, 3.63) is 28.2 Å². The van der Waals surface area contributed by atoms with Crippen molar-refractivity contribution in [2.24, 2.45) is 11.1 Å². The Hall–Kier alpha value is -1.07. The topological polar surface area (TPSA) is 58.4 Å². The van der Waals surface area contributed by atoms with Crippen LogP contribution in [0.25, 0.3) is 0 Å². The van der Waals surface area contributed by atoms with Gasteiger partial charge in [0, 0.05) is 35.8 Å². The number of nitrogens with two attached hydrogens (primary N) is 1. The van der Waals surface area contributed by atoms with Crippen LogP contribution < -0.4 is 16.0 Å². The van der Waals surface area contributed by atoms with Crippen molar-refractivity contribution >= 4 is 27.5 Å². The maximum absolute atomic E-state index is 11.6. The minimum Gasteiger partial charge on any atom is -0.370 e. The highest BCUT2D eigenvalue weighted by molar-refractivity contribution is 9.10. The molecule has 0 saturated carbocycles. The highest BCUT2D eigenvalue weighted by Gasteiger charge is 2.39. The molecule has 116 valence electrons. The third-order valence-corrected chi connectivity index (χ3v) is 4.65. The van der Waals surface area contributed by atoms with Crippen LogP contribution in [0, 0.1) is 5.41 Å². The maximum Gasteiger partial charge on any atom is 0.225 e. The van der Waals surface area contributed by atoms with Gasteiger partial charge in [0.25, 0.3) is 0 Å². The first-order valence-electron chi connectivity index (χ1n) is 7.38. The molecule has 4 nitrogen and oxygen atoms in total. The number of anilines is 1. The van der Waals surface area contributed by atoms with Gasteiger partial charge in [-0.25, -0.2) is 0 Å². The molecule has 21 heavy (non-hydrogen) atoms. The van der Waals surface area contributed by atoms with E-state index in [9.17, 15) is 4.79 Å². The predicted molar refractivity (Wildman–Crippen MR) is 90.2 cm³/mol. The average Bonchev–Trinajstić information content (AvgIpc) is 2.81.